The lowest BCUT2D eigenvalue weighted by molar-refractivity contribution is -0.373. The first-order valence-corrected chi connectivity index (χ1v) is 16.0. The van der Waals surface area contributed by atoms with Crippen molar-refractivity contribution < 1.29 is 83.6 Å². The van der Waals surface area contributed by atoms with Crippen molar-refractivity contribution in [1.82, 2.24) is 5.32 Å². The van der Waals surface area contributed by atoms with Gasteiger partial charge in [0.15, 0.2) is 18.9 Å². The Labute approximate surface area is 282 Å². The number of hydrogen-bond acceptors (Lipinski definition) is 17. The molecule has 278 valence electrons. The van der Waals surface area contributed by atoms with Crippen molar-refractivity contribution in [2.45, 2.75) is 119 Å². The summed E-state index contributed by atoms with van der Waals surface area (Å²) in [6.07, 6.45) is -19.8. The van der Waals surface area contributed by atoms with Crippen LogP contribution in [0.15, 0.2) is 24.3 Å². The van der Waals surface area contributed by atoms with Gasteiger partial charge in [-0.3, -0.25) is 9.59 Å². The van der Waals surface area contributed by atoms with Crippen LogP contribution >= 0.6 is 0 Å². The van der Waals surface area contributed by atoms with Crippen LogP contribution in [0.5, 0.6) is 5.75 Å². The van der Waals surface area contributed by atoms with Crippen molar-refractivity contribution >= 4 is 12.2 Å². The van der Waals surface area contributed by atoms with E-state index in [1.807, 2.05) is 0 Å². The van der Waals surface area contributed by atoms with Gasteiger partial charge in [-0.15, -0.1) is 0 Å². The highest BCUT2D eigenvalue weighted by Crippen LogP contribution is 2.34. The summed E-state index contributed by atoms with van der Waals surface area (Å²) in [5.74, 6) is -0.00378. The fourth-order valence-corrected chi connectivity index (χ4v) is 5.76. The molecule has 3 heterocycles. The van der Waals surface area contributed by atoms with E-state index in [1.165, 1.54) is 13.8 Å². The molecule has 15 atom stereocenters. The number of carbonyl (C=O) groups is 2. The Morgan fingerprint density at radius 2 is 1.33 bits per heavy atom. The van der Waals surface area contributed by atoms with E-state index in [0.717, 1.165) is 6.29 Å². The van der Waals surface area contributed by atoms with Gasteiger partial charge in [-0.2, -0.15) is 0 Å². The second-order valence-electron chi connectivity index (χ2n) is 12.1. The molecule has 0 radical (unpaired) electrons. The maximum absolute atomic E-state index is 12.4. The summed E-state index contributed by atoms with van der Waals surface area (Å²) in [6.45, 7) is 1.52. The molecule has 4 rings (SSSR count). The summed E-state index contributed by atoms with van der Waals surface area (Å²) in [4.78, 5) is 23.3. The van der Waals surface area contributed by atoms with Gasteiger partial charge in [0.2, 0.25) is 5.91 Å². The molecule has 9 N–H and O–H groups in total. The van der Waals surface area contributed by atoms with Crippen molar-refractivity contribution in [2.24, 2.45) is 0 Å². The molecule has 1 aromatic rings. The third kappa shape index (κ3) is 9.69. The van der Waals surface area contributed by atoms with Gasteiger partial charge in [0.25, 0.3) is 0 Å². The van der Waals surface area contributed by atoms with Gasteiger partial charge in [0, 0.05) is 19.1 Å². The molecule has 0 unspecified atom stereocenters. The minimum atomic E-state index is -1.86. The Hall–Kier alpha value is -2.40. The van der Waals surface area contributed by atoms with E-state index < -0.39 is 111 Å². The predicted molar refractivity (Wildman–Crippen MR) is 162 cm³/mol. The zero-order valence-corrected chi connectivity index (χ0v) is 27.0. The number of hydrogen-bond donors (Lipinski definition) is 9. The zero-order chi connectivity index (χ0) is 35.8. The molecule has 3 aliphatic rings. The fraction of sp³-hybridized carbons (Fsp3) is 0.742. The maximum atomic E-state index is 12.4. The van der Waals surface area contributed by atoms with Crippen molar-refractivity contribution in [2.75, 3.05) is 26.4 Å². The maximum Gasteiger partial charge on any atom is 0.217 e. The van der Waals surface area contributed by atoms with Gasteiger partial charge in [0.1, 0.15) is 79.1 Å². The van der Waals surface area contributed by atoms with Crippen molar-refractivity contribution in [3.63, 3.8) is 0 Å². The number of benzene rings is 1. The van der Waals surface area contributed by atoms with Gasteiger partial charge in [-0.25, -0.2) is 0 Å². The van der Waals surface area contributed by atoms with Crippen LogP contribution in [0.3, 0.4) is 0 Å². The lowest BCUT2D eigenvalue weighted by Crippen LogP contribution is -2.69. The molecule has 0 aromatic heterocycles. The van der Waals surface area contributed by atoms with Crippen LogP contribution in [-0.2, 0) is 33.2 Å². The number of rotatable bonds is 15. The smallest absolute Gasteiger partial charge is 0.217 e. The van der Waals surface area contributed by atoms with Crippen molar-refractivity contribution in [3.05, 3.63) is 29.8 Å². The number of unbranched alkanes of at least 4 members (excludes halogenated alkanes) is 1. The average Bonchev–Trinajstić information content (AvgIpc) is 3.09. The molecule has 0 saturated carbocycles. The number of ether oxygens (including phenoxy) is 7. The molecule has 0 aliphatic carbocycles. The second kappa shape index (κ2) is 18.2. The molecule has 0 spiro atoms. The van der Waals surface area contributed by atoms with Crippen LogP contribution in [0.4, 0.5) is 0 Å². The van der Waals surface area contributed by atoms with Gasteiger partial charge >= 0.3 is 0 Å². The third-order valence-electron chi connectivity index (χ3n) is 8.54. The van der Waals surface area contributed by atoms with Gasteiger partial charge < -0.3 is 79.3 Å². The summed E-state index contributed by atoms with van der Waals surface area (Å²) in [7, 11) is 0. The van der Waals surface area contributed by atoms with E-state index in [4.69, 9.17) is 33.2 Å². The van der Waals surface area contributed by atoms with E-state index in [0.29, 0.717) is 30.8 Å². The average molecular weight is 706 g/mol. The van der Waals surface area contributed by atoms with Gasteiger partial charge in [-0.1, -0.05) is 0 Å². The highest BCUT2D eigenvalue weighted by molar-refractivity contribution is 5.74. The third-order valence-corrected chi connectivity index (χ3v) is 8.54. The predicted octanol–water partition coefficient (Wildman–Crippen LogP) is -3.71. The minimum absolute atomic E-state index is 0.0712. The summed E-state index contributed by atoms with van der Waals surface area (Å²) < 4.78 is 40.9. The van der Waals surface area contributed by atoms with E-state index in [2.05, 4.69) is 5.32 Å². The molecule has 3 saturated heterocycles. The van der Waals surface area contributed by atoms with Crippen LogP contribution in [0.1, 0.15) is 37.0 Å². The van der Waals surface area contributed by atoms with Gasteiger partial charge in [-0.05, 0) is 44.0 Å². The first kappa shape index (κ1) is 39.4. The Bertz CT molecular complexity index is 1180. The van der Waals surface area contributed by atoms with Crippen molar-refractivity contribution in [3.8, 4) is 5.75 Å². The lowest BCUT2D eigenvalue weighted by Gasteiger charge is -2.50. The Kier molecular flexibility index (Phi) is 14.6. The first-order valence-electron chi connectivity index (χ1n) is 16.0. The Balaban J connectivity index is 1.53. The van der Waals surface area contributed by atoms with E-state index in [9.17, 15) is 50.4 Å². The lowest BCUT2D eigenvalue weighted by atomic mass is 9.94. The van der Waals surface area contributed by atoms with E-state index in [-0.39, 0.29) is 6.61 Å². The topological polar surface area (TPSA) is 273 Å². The summed E-state index contributed by atoms with van der Waals surface area (Å²) in [6, 6.07) is 5.33. The molecule has 49 heavy (non-hydrogen) atoms. The van der Waals surface area contributed by atoms with Crippen LogP contribution in [0, 0.1) is 0 Å². The number of nitrogens with one attached hydrogen (secondary N) is 1. The zero-order valence-electron chi connectivity index (χ0n) is 27.0. The summed E-state index contributed by atoms with van der Waals surface area (Å²) >= 11 is 0. The van der Waals surface area contributed by atoms with Crippen LogP contribution < -0.4 is 10.1 Å². The van der Waals surface area contributed by atoms with E-state index >= 15 is 0 Å². The Morgan fingerprint density at radius 1 is 0.755 bits per heavy atom. The molecular weight excluding hydrogens is 658 g/mol. The number of aliphatic hydroxyl groups excluding tert-OH is 8. The highest BCUT2D eigenvalue weighted by Gasteiger charge is 2.54. The summed E-state index contributed by atoms with van der Waals surface area (Å²) in [5, 5.41) is 85.3. The van der Waals surface area contributed by atoms with E-state index in [1.54, 1.807) is 24.3 Å². The Morgan fingerprint density at radius 3 is 1.94 bits per heavy atom. The van der Waals surface area contributed by atoms with Crippen LogP contribution in [0.25, 0.3) is 0 Å². The molecule has 1 aromatic carbocycles. The van der Waals surface area contributed by atoms with Gasteiger partial charge in [0.05, 0.1) is 25.9 Å². The van der Waals surface area contributed by atoms with Crippen LogP contribution in [0.2, 0.25) is 0 Å². The molecule has 0 bridgehead atoms. The largest absolute Gasteiger partial charge is 0.494 e. The molecule has 18 nitrogen and oxygen atoms in total. The number of aldehydes is 1. The second-order valence-corrected chi connectivity index (χ2v) is 12.1. The monoisotopic (exact) mass is 705 g/mol. The number of aliphatic hydroxyl groups is 8. The highest BCUT2D eigenvalue weighted by atomic mass is 16.8. The van der Waals surface area contributed by atoms with Crippen molar-refractivity contribution in [1.29, 1.82) is 0 Å². The molecule has 3 aliphatic heterocycles. The normalized spacial score (nSPS) is 39.7. The fourth-order valence-electron chi connectivity index (χ4n) is 5.76. The quantitative estimate of drug-likeness (QED) is 0.0627. The molecule has 18 heteroatoms. The number of amides is 1. The standard InChI is InChI=1S/C31H47NO17/c1-14-21(37)23(39)25(41)30(45-14)49-28-20(32-15(2)36)29(44-10-4-3-9-43-17-7-5-16(11-33)6-8-17)47-19(13-35)27(28)48-31-26(42)24(40)22(38)18(12-34)46-31/h5-8,11,14,18-31,34-35,37-42H,3-4,9-10,12-13H2,1-2H3,(H,32,36)/t14-,18+,19+,20+,21+,22+,23+,24-,25-,26+,27+,28+,29+,30-,31-/m0/s1. The first-order chi connectivity index (χ1) is 23.4. The number of carbonyl (C=O) groups excluding carboxylic acids is 2. The molecule has 1 amide bonds. The molecule has 3 fully saturated rings. The minimum Gasteiger partial charge on any atom is -0.494 e. The summed E-state index contributed by atoms with van der Waals surface area (Å²) in [5.41, 5.74) is 0.513. The molecular formula is C31H47NO17. The van der Waals surface area contributed by atoms with Crippen LogP contribution in [-0.4, -0.2) is 172 Å². The SMILES string of the molecule is CC(=O)N[C@H]1[C@H](OCCCCOc2ccc(C=O)cc2)O[C@H](CO)[C@@H](O[C@@H]2O[C@H](CO)[C@@H](O)[C@H](O)[C@H]2O)[C@@H]1O[C@@H]1O[C@@H](C)[C@@H](O)[C@@H](O)[C@@H]1O.